The van der Waals surface area contributed by atoms with E-state index >= 15 is 0 Å². The Morgan fingerprint density at radius 2 is 1.88 bits per heavy atom. The van der Waals surface area contributed by atoms with Crippen molar-refractivity contribution in [2.75, 3.05) is 0 Å². The molecule has 0 atom stereocenters. The second-order valence-electron chi connectivity index (χ2n) is 4.44. The third-order valence-corrected chi connectivity index (χ3v) is 3.52. The van der Waals surface area contributed by atoms with Crippen LogP contribution < -0.4 is 5.73 Å². The summed E-state index contributed by atoms with van der Waals surface area (Å²) in [7, 11) is 0. The van der Waals surface area contributed by atoms with Gasteiger partial charge in [0.15, 0.2) is 0 Å². The van der Waals surface area contributed by atoms with E-state index in [0.29, 0.717) is 18.8 Å². The maximum atomic E-state index is 6.07. The highest BCUT2D eigenvalue weighted by atomic mass is 35.5. The molecular weight excluding hydrogens is 222 g/mol. The molecule has 16 heavy (non-hydrogen) atoms. The Morgan fingerprint density at radius 3 is 2.56 bits per heavy atom. The van der Waals surface area contributed by atoms with Gasteiger partial charge in [0.25, 0.3) is 0 Å². The van der Waals surface area contributed by atoms with Crippen molar-refractivity contribution in [3.8, 4) is 0 Å². The number of hydrogen-bond donors (Lipinski definition) is 1. The first-order valence-corrected chi connectivity index (χ1v) is 6.24. The summed E-state index contributed by atoms with van der Waals surface area (Å²) in [6.07, 6.45) is 4.66. The fourth-order valence-corrected chi connectivity index (χ4v) is 2.27. The summed E-state index contributed by atoms with van der Waals surface area (Å²) < 4.78 is 5.86. The predicted octanol–water partition coefficient (Wildman–Crippen LogP) is 3.13. The normalized spacial score (nSPS) is 25.6. The van der Waals surface area contributed by atoms with E-state index in [4.69, 9.17) is 22.1 Å². The average molecular weight is 240 g/mol. The van der Waals surface area contributed by atoms with Crippen LogP contribution in [-0.4, -0.2) is 12.1 Å². The van der Waals surface area contributed by atoms with Gasteiger partial charge < -0.3 is 10.5 Å². The van der Waals surface area contributed by atoms with Crippen LogP contribution in [0.25, 0.3) is 0 Å². The Morgan fingerprint density at radius 1 is 1.19 bits per heavy atom. The zero-order valence-corrected chi connectivity index (χ0v) is 10.1. The highest BCUT2D eigenvalue weighted by Gasteiger charge is 2.18. The van der Waals surface area contributed by atoms with Gasteiger partial charge in [-0.2, -0.15) is 0 Å². The second-order valence-corrected chi connectivity index (χ2v) is 4.85. The summed E-state index contributed by atoms with van der Waals surface area (Å²) in [6.45, 7) is 0.611. The first kappa shape index (κ1) is 11.9. The van der Waals surface area contributed by atoms with Gasteiger partial charge in [0.2, 0.25) is 0 Å². The zero-order chi connectivity index (χ0) is 11.4. The molecule has 1 aromatic carbocycles. The molecular formula is C13H18ClNO. The largest absolute Gasteiger partial charge is 0.373 e. The van der Waals surface area contributed by atoms with Crippen molar-refractivity contribution in [3.05, 3.63) is 34.9 Å². The molecule has 1 saturated carbocycles. The molecule has 0 spiro atoms. The predicted molar refractivity (Wildman–Crippen MR) is 66.5 cm³/mol. The van der Waals surface area contributed by atoms with Crippen LogP contribution in [0.15, 0.2) is 24.3 Å². The number of halogens is 1. The maximum Gasteiger partial charge on any atom is 0.0735 e. The smallest absolute Gasteiger partial charge is 0.0735 e. The van der Waals surface area contributed by atoms with Crippen molar-refractivity contribution in [3.63, 3.8) is 0 Å². The van der Waals surface area contributed by atoms with Gasteiger partial charge in [-0.3, -0.25) is 0 Å². The van der Waals surface area contributed by atoms with Crippen LogP contribution in [0.3, 0.4) is 0 Å². The molecule has 2 N–H and O–H groups in total. The van der Waals surface area contributed by atoms with Crippen molar-refractivity contribution < 1.29 is 4.74 Å². The summed E-state index contributed by atoms with van der Waals surface area (Å²) in [6, 6.07) is 8.21. The molecule has 0 amide bonds. The average Bonchev–Trinajstić information content (AvgIpc) is 2.30. The number of hydrogen-bond acceptors (Lipinski definition) is 2. The monoisotopic (exact) mass is 239 g/mol. The lowest BCUT2D eigenvalue weighted by molar-refractivity contribution is 0.0138. The van der Waals surface area contributed by atoms with E-state index in [0.717, 1.165) is 36.3 Å². The zero-order valence-electron chi connectivity index (χ0n) is 9.36. The Hall–Kier alpha value is -0.570. The molecule has 0 heterocycles. The molecule has 0 unspecified atom stereocenters. The Kier molecular flexibility index (Phi) is 4.22. The minimum Gasteiger partial charge on any atom is -0.373 e. The quantitative estimate of drug-likeness (QED) is 0.880. The molecule has 0 radical (unpaired) electrons. The summed E-state index contributed by atoms with van der Waals surface area (Å²) in [5, 5.41) is 0.787. The van der Waals surface area contributed by atoms with Gasteiger partial charge >= 0.3 is 0 Å². The van der Waals surface area contributed by atoms with E-state index < -0.39 is 0 Å². The highest BCUT2D eigenvalue weighted by Crippen LogP contribution is 2.22. The molecule has 0 aliphatic heterocycles. The van der Waals surface area contributed by atoms with Crippen molar-refractivity contribution in [1.29, 1.82) is 0 Å². The van der Waals surface area contributed by atoms with E-state index in [2.05, 4.69) is 0 Å². The summed E-state index contributed by atoms with van der Waals surface area (Å²) in [5.74, 6) is 0. The highest BCUT2D eigenvalue weighted by molar-refractivity contribution is 6.31. The van der Waals surface area contributed by atoms with Crippen LogP contribution in [0.1, 0.15) is 31.2 Å². The molecule has 1 aromatic rings. The molecule has 2 rings (SSSR count). The minimum atomic E-state index is 0.357. The lowest BCUT2D eigenvalue weighted by Gasteiger charge is -2.26. The topological polar surface area (TPSA) is 35.2 Å². The summed E-state index contributed by atoms with van der Waals surface area (Å²) in [4.78, 5) is 0. The number of ether oxygens (including phenoxy) is 1. The standard InChI is InChI=1S/C13H18ClNO/c14-13-4-2-1-3-10(13)9-16-12-7-5-11(15)6-8-12/h1-4,11-12H,5-9,15H2. The van der Waals surface area contributed by atoms with Gasteiger partial charge in [-0.25, -0.2) is 0 Å². The second kappa shape index (κ2) is 5.67. The molecule has 0 aromatic heterocycles. The maximum absolute atomic E-state index is 6.07. The van der Waals surface area contributed by atoms with Crippen LogP contribution in [-0.2, 0) is 11.3 Å². The molecule has 0 saturated heterocycles. The van der Waals surface area contributed by atoms with Gasteiger partial charge in [0.05, 0.1) is 12.7 Å². The van der Waals surface area contributed by atoms with Crippen LogP contribution >= 0.6 is 11.6 Å². The van der Waals surface area contributed by atoms with Crippen LogP contribution in [0.2, 0.25) is 5.02 Å². The van der Waals surface area contributed by atoms with Gasteiger partial charge in [0.1, 0.15) is 0 Å². The summed E-state index contributed by atoms with van der Waals surface area (Å²) in [5.41, 5.74) is 6.92. The SMILES string of the molecule is NC1CCC(OCc2ccccc2Cl)CC1. The first-order valence-electron chi connectivity index (χ1n) is 5.86. The van der Waals surface area contributed by atoms with Crippen molar-refractivity contribution in [1.82, 2.24) is 0 Å². The lowest BCUT2D eigenvalue weighted by Crippen LogP contribution is -2.30. The molecule has 0 bridgehead atoms. The van der Waals surface area contributed by atoms with E-state index in [-0.39, 0.29) is 0 Å². The van der Waals surface area contributed by atoms with Gasteiger partial charge in [-0.15, -0.1) is 0 Å². The third kappa shape index (κ3) is 3.21. The number of benzene rings is 1. The van der Waals surface area contributed by atoms with Gasteiger partial charge in [-0.1, -0.05) is 29.8 Å². The van der Waals surface area contributed by atoms with Gasteiger partial charge in [-0.05, 0) is 37.3 Å². The molecule has 1 aliphatic rings. The molecule has 1 fully saturated rings. The van der Waals surface area contributed by atoms with E-state index in [1.165, 1.54) is 0 Å². The Labute approximate surface area is 102 Å². The van der Waals surface area contributed by atoms with Crippen molar-refractivity contribution in [2.45, 2.75) is 44.4 Å². The molecule has 88 valence electrons. The summed E-state index contributed by atoms with van der Waals surface area (Å²) >= 11 is 6.07. The van der Waals surface area contributed by atoms with Crippen molar-refractivity contribution >= 4 is 11.6 Å². The van der Waals surface area contributed by atoms with Crippen LogP contribution in [0.5, 0.6) is 0 Å². The number of rotatable bonds is 3. The first-order chi connectivity index (χ1) is 7.75. The van der Waals surface area contributed by atoms with Crippen LogP contribution in [0, 0.1) is 0 Å². The molecule has 2 nitrogen and oxygen atoms in total. The lowest BCUT2D eigenvalue weighted by atomic mass is 9.94. The van der Waals surface area contributed by atoms with E-state index in [9.17, 15) is 0 Å². The fraction of sp³-hybridized carbons (Fsp3) is 0.538. The van der Waals surface area contributed by atoms with Crippen LogP contribution in [0.4, 0.5) is 0 Å². The molecule has 1 aliphatic carbocycles. The van der Waals surface area contributed by atoms with E-state index in [1.807, 2.05) is 24.3 Å². The molecule has 3 heteroatoms. The minimum absolute atomic E-state index is 0.357. The third-order valence-electron chi connectivity index (χ3n) is 3.15. The van der Waals surface area contributed by atoms with Gasteiger partial charge in [0, 0.05) is 11.1 Å². The van der Waals surface area contributed by atoms with Crippen molar-refractivity contribution in [2.24, 2.45) is 5.73 Å². The van der Waals surface area contributed by atoms with E-state index in [1.54, 1.807) is 0 Å². The Balaban J connectivity index is 1.81. The number of nitrogens with two attached hydrogens (primary N) is 1. The fourth-order valence-electron chi connectivity index (χ4n) is 2.08. The Bertz CT molecular complexity index is 334.